The Kier molecular flexibility index (Phi) is 7.97. The molecule has 1 unspecified atom stereocenters. The highest BCUT2D eigenvalue weighted by Gasteiger charge is 2.26. The number of carboxylic acid groups (broad SMARTS) is 1. The van der Waals surface area contributed by atoms with Crippen molar-refractivity contribution in [2.45, 2.75) is 57.5 Å². The van der Waals surface area contributed by atoms with Gasteiger partial charge < -0.3 is 19.1 Å². The van der Waals surface area contributed by atoms with Crippen molar-refractivity contribution in [3.63, 3.8) is 0 Å². The van der Waals surface area contributed by atoms with Crippen molar-refractivity contribution >= 4 is 27.9 Å². The molecule has 1 atom stereocenters. The zero-order valence-electron chi connectivity index (χ0n) is 24.4. The van der Waals surface area contributed by atoms with Crippen molar-refractivity contribution in [2.24, 2.45) is 0 Å². The third-order valence-corrected chi connectivity index (χ3v) is 8.76. The van der Waals surface area contributed by atoms with Crippen LogP contribution in [0.1, 0.15) is 52.6 Å². The highest BCUT2D eigenvalue weighted by Crippen LogP contribution is 2.30. The van der Waals surface area contributed by atoms with Crippen LogP contribution in [0.3, 0.4) is 0 Å². The highest BCUT2D eigenvalue weighted by molar-refractivity contribution is 5.92. The van der Waals surface area contributed by atoms with Crippen LogP contribution in [0.4, 0.5) is 4.39 Å². The van der Waals surface area contributed by atoms with Gasteiger partial charge in [0.2, 0.25) is 5.88 Å². The smallest absolute Gasteiger partial charge is 0.335 e. The minimum Gasteiger partial charge on any atom is -0.478 e. The zero-order chi connectivity index (χ0) is 30.0. The molecule has 11 heteroatoms. The fraction of sp³-hybridized carbons (Fsp3) is 0.394. The van der Waals surface area contributed by atoms with Crippen LogP contribution in [-0.2, 0) is 31.0 Å². The maximum atomic E-state index is 12.9. The van der Waals surface area contributed by atoms with Gasteiger partial charge in [0.1, 0.15) is 19.1 Å². The molecule has 10 nitrogen and oxygen atoms in total. The van der Waals surface area contributed by atoms with E-state index in [0.717, 1.165) is 78.0 Å². The first-order valence-corrected chi connectivity index (χ1v) is 15.2. The van der Waals surface area contributed by atoms with E-state index in [1.807, 2.05) is 30.3 Å². The lowest BCUT2D eigenvalue weighted by molar-refractivity contribution is -0.0592. The first-order valence-electron chi connectivity index (χ1n) is 15.2. The van der Waals surface area contributed by atoms with E-state index in [0.29, 0.717) is 31.5 Å². The number of imidazole rings is 1. The van der Waals surface area contributed by atoms with Gasteiger partial charge in [-0.15, -0.1) is 0 Å². The summed E-state index contributed by atoms with van der Waals surface area (Å²) >= 11 is 0. The zero-order valence-corrected chi connectivity index (χ0v) is 24.4. The second kappa shape index (κ2) is 12.3. The van der Waals surface area contributed by atoms with Gasteiger partial charge in [0.15, 0.2) is 0 Å². The van der Waals surface area contributed by atoms with Crippen LogP contribution < -0.4 is 4.74 Å². The molecule has 2 aliphatic heterocycles. The molecule has 228 valence electrons. The Morgan fingerprint density at radius 3 is 2.68 bits per heavy atom. The molecule has 3 aromatic heterocycles. The predicted octanol–water partition coefficient (Wildman–Crippen LogP) is 5.20. The van der Waals surface area contributed by atoms with Crippen LogP contribution in [0.2, 0.25) is 0 Å². The SMILES string of the molecule is O=C(O)c1ccc2nc(CN3CCC(c4cccc(OCc5ccc6cnn(CCF)c6c5)n4)CC3)n(CC3CCO3)c2c1. The molecule has 5 aromatic rings. The topological polar surface area (TPSA) is 108 Å². The molecule has 2 aromatic carbocycles. The van der Waals surface area contributed by atoms with Gasteiger partial charge in [0.25, 0.3) is 0 Å². The number of aromatic carboxylic acids is 1. The molecule has 2 saturated heterocycles. The largest absolute Gasteiger partial charge is 0.478 e. The number of carboxylic acids is 1. The molecular weight excluding hydrogens is 563 g/mol. The molecule has 1 N–H and O–H groups in total. The maximum absolute atomic E-state index is 12.9. The monoisotopic (exact) mass is 598 g/mol. The van der Waals surface area contributed by atoms with E-state index in [9.17, 15) is 14.3 Å². The molecule has 0 aliphatic carbocycles. The Labute approximate surface area is 254 Å². The number of halogens is 1. The Hall–Kier alpha value is -4.35. The second-order valence-corrected chi connectivity index (χ2v) is 11.6. The van der Waals surface area contributed by atoms with Gasteiger partial charge >= 0.3 is 5.97 Å². The molecular formula is C33H35FN6O4. The van der Waals surface area contributed by atoms with Crippen LogP contribution in [0.25, 0.3) is 21.9 Å². The normalized spacial score (nSPS) is 17.7. The molecule has 44 heavy (non-hydrogen) atoms. The van der Waals surface area contributed by atoms with Gasteiger partial charge in [0.05, 0.1) is 54.0 Å². The Morgan fingerprint density at radius 2 is 1.91 bits per heavy atom. The van der Waals surface area contributed by atoms with Crippen molar-refractivity contribution in [1.29, 1.82) is 0 Å². The number of ether oxygens (including phenoxy) is 2. The molecule has 2 aliphatic rings. The molecule has 0 amide bonds. The van der Waals surface area contributed by atoms with E-state index >= 15 is 0 Å². The number of carbonyl (C=O) groups is 1. The lowest BCUT2D eigenvalue weighted by atomic mass is 9.93. The number of alkyl halides is 1. The van der Waals surface area contributed by atoms with Gasteiger partial charge in [-0.2, -0.15) is 5.10 Å². The number of hydrogen-bond donors (Lipinski definition) is 1. The van der Waals surface area contributed by atoms with Gasteiger partial charge in [0, 0.05) is 29.7 Å². The summed E-state index contributed by atoms with van der Waals surface area (Å²) in [5, 5.41) is 14.8. The molecule has 0 radical (unpaired) electrons. The van der Waals surface area contributed by atoms with Crippen LogP contribution in [0.5, 0.6) is 5.88 Å². The molecule has 2 fully saturated rings. The average molecular weight is 599 g/mol. The second-order valence-electron chi connectivity index (χ2n) is 11.6. The number of aryl methyl sites for hydroxylation is 1. The lowest BCUT2D eigenvalue weighted by Crippen LogP contribution is -2.35. The minimum atomic E-state index is -0.939. The summed E-state index contributed by atoms with van der Waals surface area (Å²) in [6.45, 7) is 4.11. The van der Waals surface area contributed by atoms with Crippen molar-refractivity contribution in [3.05, 3.63) is 83.4 Å². The third kappa shape index (κ3) is 5.89. The van der Waals surface area contributed by atoms with Gasteiger partial charge in [-0.1, -0.05) is 18.2 Å². The number of pyridine rings is 1. The van der Waals surface area contributed by atoms with E-state index in [1.54, 1.807) is 29.1 Å². The van der Waals surface area contributed by atoms with Crippen molar-refractivity contribution in [1.82, 2.24) is 29.2 Å². The van der Waals surface area contributed by atoms with E-state index < -0.39 is 12.6 Å². The number of likely N-dealkylation sites (tertiary alicyclic amines) is 1. The predicted molar refractivity (Wildman–Crippen MR) is 163 cm³/mol. The van der Waals surface area contributed by atoms with Crippen molar-refractivity contribution in [3.8, 4) is 5.88 Å². The summed E-state index contributed by atoms with van der Waals surface area (Å²) in [6.07, 6.45) is 4.84. The number of rotatable bonds is 11. The van der Waals surface area contributed by atoms with E-state index in [1.165, 1.54) is 0 Å². The Bertz CT molecular complexity index is 1790. The van der Waals surface area contributed by atoms with Crippen molar-refractivity contribution in [2.75, 3.05) is 26.4 Å². The Balaban J connectivity index is 0.993. The standard InChI is InChI=1S/C33H35FN6O4/c34-11-14-40-29-16-22(4-5-25(29)18-35-40)21-44-32-3-1-2-27(37-32)23-8-12-38(13-9-23)20-31-36-28-7-6-24(33(41)42)17-30(28)39(31)19-26-10-15-43-26/h1-7,16-18,23,26H,8-15,19-21H2,(H,41,42). The van der Waals surface area contributed by atoms with Crippen LogP contribution in [0, 0.1) is 0 Å². The number of aromatic nitrogens is 5. The molecule has 5 heterocycles. The first-order chi connectivity index (χ1) is 21.5. The quantitative estimate of drug-likeness (QED) is 0.221. The molecule has 0 spiro atoms. The summed E-state index contributed by atoms with van der Waals surface area (Å²) in [6, 6.07) is 17.1. The maximum Gasteiger partial charge on any atom is 0.335 e. The minimum absolute atomic E-state index is 0.138. The van der Waals surface area contributed by atoms with Crippen LogP contribution in [-0.4, -0.2) is 72.8 Å². The van der Waals surface area contributed by atoms with Gasteiger partial charge in [-0.25, -0.2) is 19.2 Å². The van der Waals surface area contributed by atoms with Gasteiger partial charge in [-0.3, -0.25) is 9.58 Å². The average Bonchev–Trinajstić information content (AvgIpc) is 3.58. The summed E-state index contributed by atoms with van der Waals surface area (Å²) in [4.78, 5) is 23.8. The van der Waals surface area contributed by atoms with Gasteiger partial charge in [-0.05, 0) is 68.2 Å². The summed E-state index contributed by atoms with van der Waals surface area (Å²) in [7, 11) is 0. The van der Waals surface area contributed by atoms with Crippen LogP contribution in [0.15, 0.2) is 60.8 Å². The van der Waals surface area contributed by atoms with E-state index in [-0.39, 0.29) is 18.2 Å². The Morgan fingerprint density at radius 1 is 1.05 bits per heavy atom. The fourth-order valence-corrected chi connectivity index (χ4v) is 6.21. The third-order valence-electron chi connectivity index (χ3n) is 8.76. The number of piperidine rings is 1. The number of benzene rings is 2. The number of fused-ring (bicyclic) bond motifs is 2. The molecule has 0 saturated carbocycles. The number of nitrogens with zero attached hydrogens (tertiary/aromatic N) is 6. The molecule has 7 rings (SSSR count). The summed E-state index contributed by atoms with van der Waals surface area (Å²) < 4.78 is 28.5. The number of hydrogen-bond acceptors (Lipinski definition) is 7. The van der Waals surface area contributed by atoms with Crippen LogP contribution >= 0.6 is 0 Å². The fourth-order valence-electron chi connectivity index (χ4n) is 6.21. The molecule has 0 bridgehead atoms. The summed E-state index contributed by atoms with van der Waals surface area (Å²) in [5.74, 6) is 0.929. The first kappa shape index (κ1) is 28.4. The van der Waals surface area contributed by atoms with E-state index in [2.05, 4.69) is 20.6 Å². The summed E-state index contributed by atoms with van der Waals surface area (Å²) in [5.41, 5.74) is 4.83. The van der Waals surface area contributed by atoms with E-state index in [4.69, 9.17) is 19.4 Å². The lowest BCUT2D eigenvalue weighted by Gasteiger charge is -2.32. The van der Waals surface area contributed by atoms with Crippen molar-refractivity contribution < 1.29 is 23.8 Å². The highest BCUT2D eigenvalue weighted by atomic mass is 19.1.